The molecule has 29 heavy (non-hydrogen) atoms. The molecule has 0 amide bonds. The number of carbonyl (C=O) groups excluding carboxylic acids is 1. The van der Waals surface area contributed by atoms with E-state index in [0.717, 1.165) is 4.68 Å². The van der Waals surface area contributed by atoms with Crippen molar-refractivity contribution in [2.24, 2.45) is 0 Å². The highest BCUT2D eigenvalue weighted by Crippen LogP contribution is 2.24. The van der Waals surface area contributed by atoms with E-state index in [2.05, 4.69) is 10.4 Å². The number of hydrogen-bond acceptors (Lipinski definition) is 6. The molecule has 3 aromatic rings. The first kappa shape index (κ1) is 20.9. The Balaban J connectivity index is 1.87. The van der Waals surface area contributed by atoms with Crippen LogP contribution in [0.2, 0.25) is 10.0 Å². The lowest BCUT2D eigenvalue weighted by molar-refractivity contribution is 0.0600. The lowest BCUT2D eigenvalue weighted by Gasteiger charge is -2.16. The van der Waals surface area contributed by atoms with Crippen molar-refractivity contribution in [2.75, 3.05) is 19.0 Å². The summed E-state index contributed by atoms with van der Waals surface area (Å²) in [7, 11) is 1.25. The van der Waals surface area contributed by atoms with E-state index in [1.807, 2.05) is 0 Å². The highest BCUT2D eigenvalue weighted by molar-refractivity contribution is 6.33. The van der Waals surface area contributed by atoms with Crippen LogP contribution in [-0.2, 0) is 4.74 Å². The average molecular weight is 434 g/mol. The largest absolute Gasteiger partial charge is 0.465 e. The molecule has 0 aliphatic carbocycles. The highest BCUT2D eigenvalue weighted by Gasteiger charge is 2.18. The van der Waals surface area contributed by atoms with Crippen LogP contribution in [0.5, 0.6) is 0 Å². The zero-order chi connectivity index (χ0) is 21.0. The third kappa shape index (κ3) is 4.42. The van der Waals surface area contributed by atoms with Crippen LogP contribution < -0.4 is 10.9 Å². The number of carbonyl (C=O) groups is 1. The van der Waals surface area contributed by atoms with Crippen LogP contribution in [0.25, 0.3) is 5.69 Å². The smallest absolute Gasteiger partial charge is 0.340 e. The van der Waals surface area contributed by atoms with Gasteiger partial charge in [0, 0.05) is 17.1 Å². The van der Waals surface area contributed by atoms with E-state index in [1.165, 1.54) is 19.4 Å². The van der Waals surface area contributed by atoms with Gasteiger partial charge in [-0.25, -0.2) is 4.79 Å². The number of methoxy groups -OCH3 is 1. The summed E-state index contributed by atoms with van der Waals surface area (Å²) in [6.45, 7) is 0.0628. The molecule has 0 aliphatic rings. The molecular formula is C20H17Cl2N3O4. The molecule has 0 fully saturated rings. The summed E-state index contributed by atoms with van der Waals surface area (Å²) < 4.78 is 5.76. The average Bonchev–Trinajstić information content (AvgIpc) is 2.74. The summed E-state index contributed by atoms with van der Waals surface area (Å²) in [5, 5.41) is 17.6. The van der Waals surface area contributed by atoms with Crippen LogP contribution in [0.1, 0.15) is 22.0 Å². The third-order valence-electron chi connectivity index (χ3n) is 4.21. The van der Waals surface area contributed by atoms with Gasteiger partial charge in [0.1, 0.15) is 5.02 Å². The fraction of sp³-hybridized carbons (Fsp3) is 0.150. The quantitative estimate of drug-likeness (QED) is 0.578. The van der Waals surface area contributed by atoms with Crippen molar-refractivity contribution in [1.29, 1.82) is 0 Å². The normalized spacial score (nSPS) is 11.7. The van der Waals surface area contributed by atoms with E-state index in [-0.39, 0.29) is 28.5 Å². The zero-order valence-electron chi connectivity index (χ0n) is 15.3. The molecule has 1 unspecified atom stereocenters. The Morgan fingerprint density at radius 3 is 2.62 bits per heavy atom. The molecule has 3 rings (SSSR count). The first-order chi connectivity index (χ1) is 13.9. The minimum atomic E-state index is -0.915. The van der Waals surface area contributed by atoms with E-state index in [4.69, 9.17) is 27.9 Å². The zero-order valence-corrected chi connectivity index (χ0v) is 16.8. The summed E-state index contributed by atoms with van der Waals surface area (Å²) in [6.07, 6.45) is 0.430. The molecule has 9 heteroatoms. The topological polar surface area (TPSA) is 93.5 Å². The van der Waals surface area contributed by atoms with Gasteiger partial charge in [-0.15, -0.1) is 0 Å². The van der Waals surface area contributed by atoms with E-state index >= 15 is 0 Å². The lowest BCUT2D eigenvalue weighted by atomic mass is 10.1. The van der Waals surface area contributed by atoms with Crippen LogP contribution in [0.3, 0.4) is 0 Å². The van der Waals surface area contributed by atoms with Gasteiger partial charge in [0.25, 0.3) is 5.56 Å². The number of para-hydroxylation sites is 1. The number of benzene rings is 2. The first-order valence-electron chi connectivity index (χ1n) is 8.56. The minimum Gasteiger partial charge on any atom is -0.465 e. The Hall–Kier alpha value is -2.87. The van der Waals surface area contributed by atoms with E-state index in [1.54, 1.807) is 42.5 Å². The molecule has 150 valence electrons. The number of nitrogens with one attached hydrogen (secondary N) is 1. The number of rotatable bonds is 6. The van der Waals surface area contributed by atoms with Crippen LogP contribution in [0.15, 0.2) is 59.5 Å². The van der Waals surface area contributed by atoms with Crippen LogP contribution in [0, 0.1) is 0 Å². The number of aromatic nitrogens is 2. The van der Waals surface area contributed by atoms with Crippen molar-refractivity contribution < 1.29 is 14.6 Å². The molecule has 0 aliphatic heterocycles. The number of aliphatic hydroxyl groups excluding tert-OH is 1. The molecule has 2 N–H and O–H groups in total. The fourth-order valence-corrected chi connectivity index (χ4v) is 3.19. The SMILES string of the molecule is COC(=O)c1ccccc1-n1ncc(NCC(O)c2ccccc2Cl)c(Cl)c1=O. The Labute approximate surface area is 176 Å². The number of anilines is 1. The molecule has 7 nitrogen and oxygen atoms in total. The van der Waals surface area contributed by atoms with Crippen LogP contribution >= 0.6 is 23.2 Å². The number of ether oxygens (including phenoxy) is 1. The summed E-state index contributed by atoms with van der Waals surface area (Å²) in [6, 6.07) is 13.3. The molecule has 0 saturated carbocycles. The van der Waals surface area contributed by atoms with Crippen molar-refractivity contribution >= 4 is 34.9 Å². The van der Waals surface area contributed by atoms with E-state index in [0.29, 0.717) is 10.6 Å². The molecule has 1 atom stereocenters. The van der Waals surface area contributed by atoms with Crippen molar-refractivity contribution in [3.05, 3.63) is 86.3 Å². The van der Waals surface area contributed by atoms with Gasteiger partial charge >= 0.3 is 5.97 Å². The predicted octanol–water partition coefficient (Wildman–Crippen LogP) is 3.47. The van der Waals surface area contributed by atoms with Gasteiger partial charge in [-0.3, -0.25) is 4.79 Å². The predicted molar refractivity (Wildman–Crippen MR) is 111 cm³/mol. The molecule has 0 radical (unpaired) electrons. The van der Waals surface area contributed by atoms with Crippen molar-refractivity contribution in [2.45, 2.75) is 6.10 Å². The summed E-state index contributed by atoms with van der Waals surface area (Å²) in [5.41, 5.74) is 0.588. The molecule has 1 heterocycles. The molecule has 2 aromatic carbocycles. The molecule has 0 bridgehead atoms. The summed E-state index contributed by atoms with van der Waals surface area (Å²) in [4.78, 5) is 24.7. The minimum absolute atomic E-state index is 0.0628. The highest BCUT2D eigenvalue weighted by atomic mass is 35.5. The molecule has 0 spiro atoms. The maximum Gasteiger partial charge on any atom is 0.340 e. The maximum absolute atomic E-state index is 12.7. The van der Waals surface area contributed by atoms with Gasteiger partial charge in [-0.2, -0.15) is 9.78 Å². The molecule has 1 aromatic heterocycles. The number of aliphatic hydroxyl groups is 1. The fourth-order valence-electron chi connectivity index (χ4n) is 2.73. The van der Waals surface area contributed by atoms with Crippen molar-refractivity contribution in [3.8, 4) is 5.69 Å². The standard InChI is InChI=1S/C20H17Cl2N3O4/c1-29-20(28)13-7-3-5-9-16(13)25-19(27)18(22)15(10-24-25)23-11-17(26)12-6-2-4-8-14(12)21/h2-10,17,23,26H,11H2,1H3. The van der Waals surface area contributed by atoms with Gasteiger partial charge in [0.05, 0.1) is 36.3 Å². The molecular weight excluding hydrogens is 417 g/mol. The monoisotopic (exact) mass is 433 g/mol. The van der Waals surface area contributed by atoms with E-state index < -0.39 is 17.6 Å². The Morgan fingerprint density at radius 1 is 1.21 bits per heavy atom. The molecule has 0 saturated heterocycles. The third-order valence-corrected chi connectivity index (χ3v) is 4.92. The second kappa shape index (κ2) is 9.09. The summed E-state index contributed by atoms with van der Waals surface area (Å²) in [5.74, 6) is -0.601. The maximum atomic E-state index is 12.7. The first-order valence-corrected chi connectivity index (χ1v) is 9.31. The van der Waals surface area contributed by atoms with Crippen molar-refractivity contribution in [1.82, 2.24) is 9.78 Å². The Bertz CT molecular complexity index is 1100. The van der Waals surface area contributed by atoms with Crippen molar-refractivity contribution in [3.63, 3.8) is 0 Å². The van der Waals surface area contributed by atoms with Gasteiger partial charge in [0.15, 0.2) is 0 Å². The Morgan fingerprint density at radius 2 is 1.90 bits per heavy atom. The lowest BCUT2D eigenvalue weighted by Crippen LogP contribution is -2.25. The number of halogens is 2. The number of nitrogens with zero attached hydrogens (tertiary/aromatic N) is 2. The van der Waals surface area contributed by atoms with Gasteiger partial charge < -0.3 is 15.2 Å². The summed E-state index contributed by atoms with van der Waals surface area (Å²) >= 11 is 12.3. The van der Waals surface area contributed by atoms with Gasteiger partial charge in [-0.05, 0) is 18.2 Å². The second-order valence-corrected chi connectivity index (χ2v) is 6.80. The van der Waals surface area contributed by atoms with Gasteiger partial charge in [-0.1, -0.05) is 53.5 Å². The number of esters is 1. The van der Waals surface area contributed by atoms with E-state index in [9.17, 15) is 14.7 Å². The Kier molecular flexibility index (Phi) is 6.53. The second-order valence-electron chi connectivity index (χ2n) is 6.02. The van der Waals surface area contributed by atoms with Crippen LogP contribution in [-0.4, -0.2) is 34.5 Å². The van der Waals surface area contributed by atoms with Crippen LogP contribution in [0.4, 0.5) is 5.69 Å². The number of hydrogen-bond donors (Lipinski definition) is 2. The van der Waals surface area contributed by atoms with Gasteiger partial charge in [0.2, 0.25) is 0 Å².